The summed E-state index contributed by atoms with van der Waals surface area (Å²) in [6.45, 7) is 0.748. The minimum atomic E-state index is -4.71. The second-order valence-corrected chi connectivity index (χ2v) is 7.34. The normalized spacial score (nSPS) is 24.1. The third-order valence-electron chi connectivity index (χ3n) is 5.50. The van der Waals surface area contributed by atoms with Gasteiger partial charge in [0.15, 0.2) is 0 Å². The van der Waals surface area contributed by atoms with Gasteiger partial charge in [-0.25, -0.2) is 0 Å². The molecule has 156 valence electrons. The number of carbonyl (C=O) groups is 1. The van der Waals surface area contributed by atoms with Crippen molar-refractivity contribution in [1.82, 2.24) is 15.2 Å². The zero-order chi connectivity index (χ0) is 19.9. The topological polar surface area (TPSA) is 54.5 Å². The highest BCUT2D eigenvalue weighted by atomic mass is 35.5. The summed E-state index contributed by atoms with van der Waals surface area (Å²) < 4.78 is 40.8. The number of alkyl halides is 3. The lowest BCUT2D eigenvalue weighted by molar-refractivity contribution is -0.274. The number of amides is 1. The molecule has 2 atom stereocenters. The molecule has 4 rings (SSSR count). The van der Waals surface area contributed by atoms with Gasteiger partial charge in [0, 0.05) is 19.8 Å². The number of carbonyl (C=O) groups excluding carboxylic acids is 1. The number of likely N-dealkylation sites (N-methyl/N-ethyl adjacent to an activating group) is 1. The first-order chi connectivity index (χ1) is 13.3. The fourth-order valence-electron chi connectivity index (χ4n) is 4.06. The van der Waals surface area contributed by atoms with Crippen LogP contribution in [0, 0.1) is 0 Å². The van der Waals surface area contributed by atoms with E-state index in [0.29, 0.717) is 0 Å². The zero-order valence-corrected chi connectivity index (χ0v) is 16.5. The minimum Gasteiger partial charge on any atom is -0.406 e. The van der Waals surface area contributed by atoms with Crippen LogP contribution in [0.4, 0.5) is 13.2 Å². The van der Waals surface area contributed by atoms with Crippen molar-refractivity contribution in [2.75, 3.05) is 13.6 Å². The van der Waals surface area contributed by atoms with Crippen LogP contribution >= 0.6 is 12.4 Å². The Labute approximate surface area is 172 Å². The van der Waals surface area contributed by atoms with Gasteiger partial charge in [-0.2, -0.15) is 0 Å². The van der Waals surface area contributed by atoms with E-state index < -0.39 is 11.9 Å². The summed E-state index contributed by atoms with van der Waals surface area (Å²) in [5.41, 5.74) is 1.95. The molecule has 5 nitrogen and oxygen atoms in total. The number of rotatable bonds is 3. The van der Waals surface area contributed by atoms with Crippen molar-refractivity contribution in [3.05, 3.63) is 48.3 Å². The van der Waals surface area contributed by atoms with E-state index in [1.54, 1.807) is 23.2 Å². The smallest absolute Gasteiger partial charge is 0.406 e. The Morgan fingerprint density at radius 1 is 1.17 bits per heavy atom. The van der Waals surface area contributed by atoms with Gasteiger partial charge in [-0.15, -0.1) is 25.6 Å². The highest BCUT2D eigenvalue weighted by molar-refractivity contribution is 5.88. The van der Waals surface area contributed by atoms with E-state index in [0.717, 1.165) is 42.6 Å². The largest absolute Gasteiger partial charge is 0.573 e. The summed E-state index contributed by atoms with van der Waals surface area (Å²) in [5, 5.41) is 3.48. The van der Waals surface area contributed by atoms with Gasteiger partial charge in [-0.05, 0) is 54.7 Å². The molecule has 3 heterocycles. The quantitative estimate of drug-likeness (QED) is 0.801. The van der Waals surface area contributed by atoms with Crippen LogP contribution in [0.2, 0.25) is 0 Å². The number of hydrogen-bond acceptors (Lipinski definition) is 4. The maximum Gasteiger partial charge on any atom is 0.573 e. The van der Waals surface area contributed by atoms with Crippen molar-refractivity contribution in [2.45, 2.75) is 37.2 Å². The molecule has 2 saturated heterocycles. The number of nitrogens with zero attached hydrogens (tertiary/aromatic N) is 2. The summed E-state index contributed by atoms with van der Waals surface area (Å²) in [6, 6.07) is 9.45. The Bertz CT molecular complexity index is 891. The average molecular weight is 428 g/mol. The monoisotopic (exact) mass is 427 g/mol. The van der Waals surface area contributed by atoms with Crippen LogP contribution in [0.5, 0.6) is 5.75 Å². The van der Waals surface area contributed by atoms with Crippen molar-refractivity contribution < 1.29 is 22.7 Å². The molecule has 2 aliphatic rings. The maximum atomic E-state index is 12.5. The lowest BCUT2D eigenvalue weighted by atomic mass is 9.96. The molecule has 1 spiro atoms. The van der Waals surface area contributed by atoms with Crippen LogP contribution in [0.3, 0.4) is 0 Å². The fraction of sp³-hybridized carbons (Fsp3) is 0.400. The number of hydrogen-bond donors (Lipinski definition) is 1. The lowest BCUT2D eigenvalue weighted by Crippen LogP contribution is -2.47. The second-order valence-electron chi connectivity index (χ2n) is 7.34. The molecule has 0 radical (unpaired) electrons. The third-order valence-corrected chi connectivity index (χ3v) is 5.50. The number of likely N-dealkylation sites (tertiary alicyclic amines) is 1. The van der Waals surface area contributed by atoms with Gasteiger partial charge in [-0.1, -0.05) is 12.1 Å². The third kappa shape index (κ3) is 4.33. The highest BCUT2D eigenvalue weighted by Gasteiger charge is 2.50. The van der Waals surface area contributed by atoms with Gasteiger partial charge in [0.25, 0.3) is 0 Å². The van der Waals surface area contributed by atoms with E-state index in [1.807, 2.05) is 19.2 Å². The van der Waals surface area contributed by atoms with E-state index in [2.05, 4.69) is 15.0 Å². The molecule has 1 N–H and O–H groups in total. The first-order valence-electron chi connectivity index (χ1n) is 9.11. The molecule has 1 aromatic heterocycles. The number of nitrogens with one attached hydrogen (secondary N) is 1. The highest BCUT2D eigenvalue weighted by Crippen LogP contribution is 2.39. The molecule has 9 heteroatoms. The summed E-state index contributed by atoms with van der Waals surface area (Å²) in [7, 11) is 1.82. The number of benzene rings is 1. The average Bonchev–Trinajstić information content (AvgIpc) is 3.21. The molecular formula is C20H21ClF3N3O2. The predicted molar refractivity (Wildman–Crippen MR) is 104 cm³/mol. The molecule has 2 aromatic rings. The number of aromatic nitrogens is 1. The van der Waals surface area contributed by atoms with E-state index in [9.17, 15) is 18.0 Å². The van der Waals surface area contributed by atoms with E-state index in [-0.39, 0.29) is 30.1 Å². The van der Waals surface area contributed by atoms with Crippen molar-refractivity contribution in [2.24, 2.45) is 0 Å². The summed E-state index contributed by atoms with van der Waals surface area (Å²) >= 11 is 0. The Hall–Kier alpha value is -2.32. The van der Waals surface area contributed by atoms with Crippen LogP contribution in [-0.4, -0.2) is 41.3 Å². The van der Waals surface area contributed by atoms with Crippen LogP contribution in [0.25, 0.3) is 11.1 Å². The number of pyridine rings is 1. The predicted octanol–water partition coefficient (Wildman–Crippen LogP) is 4.09. The Balaban J connectivity index is 0.00000240. The van der Waals surface area contributed by atoms with Crippen LogP contribution in [-0.2, 0) is 4.79 Å². The molecule has 0 unspecified atom stereocenters. The molecule has 1 aromatic carbocycles. The number of halogens is 4. The van der Waals surface area contributed by atoms with Gasteiger partial charge < -0.3 is 9.64 Å². The Morgan fingerprint density at radius 2 is 1.90 bits per heavy atom. The van der Waals surface area contributed by atoms with Crippen molar-refractivity contribution >= 4 is 18.3 Å². The van der Waals surface area contributed by atoms with Gasteiger partial charge in [0.05, 0.1) is 11.7 Å². The van der Waals surface area contributed by atoms with Crippen molar-refractivity contribution in [1.29, 1.82) is 0 Å². The Morgan fingerprint density at radius 3 is 2.52 bits per heavy atom. The summed E-state index contributed by atoms with van der Waals surface area (Å²) in [6.07, 6.45) is -0.648. The standard InChI is InChI=1S/C20H20F3N3O2.ClH/c1-26-11-9-19(18(26)27)8-6-16(25-19)17-12-14(7-10-24-17)13-2-4-15(5-3-13)28-20(21,22)23;/h2-5,7,10,12,16,25H,6,8-9,11H2,1H3;1H/t16-,19+;/m1./s1. The van der Waals surface area contributed by atoms with Crippen LogP contribution in [0.1, 0.15) is 31.0 Å². The fourth-order valence-corrected chi connectivity index (χ4v) is 4.06. The van der Waals surface area contributed by atoms with Gasteiger partial charge >= 0.3 is 6.36 Å². The SMILES string of the molecule is CN1CC[C@@]2(CC[C@H](c3cc(-c4ccc(OC(F)(F)F)cc4)ccn3)N2)C1=O.Cl. The number of ether oxygens (including phenoxy) is 1. The lowest BCUT2D eigenvalue weighted by Gasteiger charge is -2.23. The molecular weight excluding hydrogens is 407 g/mol. The maximum absolute atomic E-state index is 12.5. The molecule has 0 bridgehead atoms. The van der Waals surface area contributed by atoms with Crippen molar-refractivity contribution in [3.8, 4) is 16.9 Å². The minimum absolute atomic E-state index is 0. The first-order valence-corrected chi connectivity index (χ1v) is 9.11. The summed E-state index contributed by atoms with van der Waals surface area (Å²) in [5.74, 6) is -0.125. The molecule has 2 aliphatic heterocycles. The van der Waals surface area contributed by atoms with Gasteiger partial charge in [0.1, 0.15) is 11.3 Å². The molecule has 0 saturated carbocycles. The van der Waals surface area contributed by atoms with E-state index in [4.69, 9.17) is 0 Å². The zero-order valence-electron chi connectivity index (χ0n) is 15.7. The molecule has 0 aliphatic carbocycles. The Kier molecular flexibility index (Phi) is 5.78. The summed E-state index contributed by atoms with van der Waals surface area (Å²) in [4.78, 5) is 18.7. The molecule has 29 heavy (non-hydrogen) atoms. The molecule has 1 amide bonds. The van der Waals surface area contributed by atoms with Gasteiger partial charge in [-0.3, -0.25) is 15.1 Å². The van der Waals surface area contributed by atoms with Gasteiger partial charge in [0.2, 0.25) is 5.91 Å². The van der Waals surface area contributed by atoms with Crippen LogP contribution in [0.15, 0.2) is 42.6 Å². The molecule has 2 fully saturated rings. The second kappa shape index (κ2) is 7.84. The van der Waals surface area contributed by atoms with Crippen LogP contribution < -0.4 is 10.1 Å². The van der Waals surface area contributed by atoms with Crippen molar-refractivity contribution in [3.63, 3.8) is 0 Å². The van der Waals surface area contributed by atoms with E-state index >= 15 is 0 Å². The van der Waals surface area contributed by atoms with E-state index in [1.165, 1.54) is 12.1 Å². The first kappa shape index (κ1) is 21.4.